The first-order valence-electron chi connectivity index (χ1n) is 11.9. The molecule has 6 rings (SSSR count). The highest BCUT2D eigenvalue weighted by Crippen LogP contribution is 2.40. The van der Waals surface area contributed by atoms with Crippen LogP contribution in [0.4, 0.5) is 5.13 Å². The molecule has 1 N–H and O–H groups in total. The molecule has 8 nitrogen and oxygen atoms in total. The van der Waals surface area contributed by atoms with Gasteiger partial charge in [0, 0.05) is 68.4 Å². The molecule has 3 aromatic heterocycles. The molecule has 5 heterocycles. The van der Waals surface area contributed by atoms with E-state index in [9.17, 15) is 9.59 Å². The van der Waals surface area contributed by atoms with Gasteiger partial charge in [0.05, 0.1) is 12.0 Å². The second kappa shape index (κ2) is 9.14. The third-order valence-corrected chi connectivity index (χ3v) is 7.95. The Balaban J connectivity index is 1.28. The van der Waals surface area contributed by atoms with Crippen molar-refractivity contribution in [3.05, 3.63) is 88.2 Å². The Morgan fingerprint density at radius 1 is 1.09 bits per heavy atom. The minimum Gasteiger partial charge on any atom is -0.349 e. The summed E-state index contributed by atoms with van der Waals surface area (Å²) in [7, 11) is 0. The van der Waals surface area contributed by atoms with E-state index in [4.69, 9.17) is 4.98 Å². The fourth-order valence-corrected chi connectivity index (χ4v) is 6.26. The Labute approximate surface area is 206 Å². The minimum atomic E-state index is -0.109. The maximum Gasteiger partial charge on any atom is 0.263 e. The summed E-state index contributed by atoms with van der Waals surface area (Å²) in [6, 6.07) is 15.5. The minimum absolute atomic E-state index is 0.0842. The van der Waals surface area contributed by atoms with Crippen molar-refractivity contribution in [3.63, 3.8) is 0 Å². The second-order valence-electron chi connectivity index (χ2n) is 9.20. The SMILES string of the molecule is O=C(NCCn1ccnc1)c1sc(N2C[C@@H]3C[C@@H](C2)c2cccc(=O)n2C3)nc1-c1ccccc1. The third kappa shape index (κ3) is 4.27. The predicted molar refractivity (Wildman–Crippen MR) is 136 cm³/mol. The van der Waals surface area contributed by atoms with Crippen molar-refractivity contribution in [2.24, 2.45) is 5.92 Å². The Morgan fingerprint density at radius 2 is 1.97 bits per heavy atom. The van der Waals surface area contributed by atoms with E-state index < -0.39 is 0 Å². The molecule has 1 amide bonds. The Morgan fingerprint density at radius 3 is 2.80 bits per heavy atom. The zero-order chi connectivity index (χ0) is 23.8. The van der Waals surface area contributed by atoms with Gasteiger partial charge in [0.15, 0.2) is 5.13 Å². The van der Waals surface area contributed by atoms with Crippen LogP contribution in [0.3, 0.4) is 0 Å². The van der Waals surface area contributed by atoms with E-state index in [1.807, 2.05) is 51.7 Å². The lowest BCUT2D eigenvalue weighted by Crippen LogP contribution is -2.47. The number of carbonyl (C=O) groups excluding carboxylic acids is 1. The summed E-state index contributed by atoms with van der Waals surface area (Å²) in [5, 5.41) is 3.91. The molecular weight excluding hydrogens is 460 g/mol. The molecule has 0 unspecified atom stereocenters. The van der Waals surface area contributed by atoms with Crippen LogP contribution >= 0.6 is 11.3 Å². The fourth-order valence-electron chi connectivity index (χ4n) is 5.24. The van der Waals surface area contributed by atoms with Crippen molar-refractivity contribution >= 4 is 22.4 Å². The van der Waals surface area contributed by atoms with Crippen LogP contribution < -0.4 is 15.8 Å². The lowest BCUT2D eigenvalue weighted by atomic mass is 9.83. The van der Waals surface area contributed by atoms with Crippen LogP contribution in [0.5, 0.6) is 0 Å². The van der Waals surface area contributed by atoms with Crippen molar-refractivity contribution in [2.75, 3.05) is 24.5 Å². The Hall–Kier alpha value is -3.72. The number of carbonyl (C=O) groups is 1. The van der Waals surface area contributed by atoms with Gasteiger partial charge in [-0.3, -0.25) is 9.59 Å². The molecule has 1 saturated heterocycles. The van der Waals surface area contributed by atoms with E-state index in [1.165, 1.54) is 11.3 Å². The molecule has 0 aliphatic carbocycles. The second-order valence-corrected chi connectivity index (χ2v) is 10.2. The molecule has 2 aliphatic rings. The van der Waals surface area contributed by atoms with Gasteiger partial charge in [0.2, 0.25) is 0 Å². The molecule has 178 valence electrons. The van der Waals surface area contributed by atoms with E-state index in [-0.39, 0.29) is 17.4 Å². The monoisotopic (exact) mass is 486 g/mol. The smallest absolute Gasteiger partial charge is 0.263 e. The highest BCUT2D eigenvalue weighted by Gasteiger charge is 2.36. The quantitative estimate of drug-likeness (QED) is 0.452. The number of hydrogen-bond acceptors (Lipinski definition) is 6. The summed E-state index contributed by atoms with van der Waals surface area (Å²) in [4.78, 5) is 37.6. The normalized spacial score (nSPS) is 18.8. The van der Waals surface area contributed by atoms with Crippen molar-refractivity contribution in [1.29, 1.82) is 0 Å². The van der Waals surface area contributed by atoms with Gasteiger partial charge < -0.3 is 19.4 Å². The summed E-state index contributed by atoms with van der Waals surface area (Å²) in [5.41, 5.74) is 2.85. The van der Waals surface area contributed by atoms with Gasteiger partial charge in [0.25, 0.3) is 11.5 Å². The number of benzene rings is 1. The maximum absolute atomic E-state index is 13.2. The van der Waals surface area contributed by atoms with E-state index >= 15 is 0 Å². The molecule has 2 bridgehead atoms. The summed E-state index contributed by atoms with van der Waals surface area (Å²) in [5.74, 6) is 0.563. The standard InChI is InChI=1S/C26H26N6O2S/c33-22-8-4-7-21-20-13-18(15-32(21)22)14-31(16-20)26-29-23(19-5-2-1-3-6-19)24(35-26)25(34)28-10-12-30-11-9-27-17-30/h1-9,11,17-18,20H,10,12-16H2,(H,28,34)/t18-,20-/m0/s1. The lowest BCUT2D eigenvalue weighted by molar-refractivity contribution is 0.0956. The number of thiazole rings is 1. The summed E-state index contributed by atoms with van der Waals surface area (Å²) < 4.78 is 3.87. The molecule has 1 aromatic carbocycles. The Bertz CT molecular complexity index is 1390. The average Bonchev–Trinajstić information content (AvgIpc) is 3.56. The first kappa shape index (κ1) is 21.8. The van der Waals surface area contributed by atoms with Crippen LogP contribution in [-0.4, -0.2) is 44.6 Å². The molecule has 35 heavy (non-hydrogen) atoms. The molecule has 0 spiro atoms. The van der Waals surface area contributed by atoms with Crippen molar-refractivity contribution in [2.45, 2.75) is 25.4 Å². The molecule has 2 aliphatic heterocycles. The van der Waals surface area contributed by atoms with Gasteiger partial charge in [-0.25, -0.2) is 9.97 Å². The lowest BCUT2D eigenvalue weighted by Gasteiger charge is -2.42. The number of rotatable bonds is 6. The number of fused-ring (bicyclic) bond motifs is 4. The number of aromatic nitrogens is 4. The number of anilines is 1. The van der Waals surface area contributed by atoms with Crippen LogP contribution in [0.2, 0.25) is 0 Å². The number of imidazole rings is 1. The number of piperidine rings is 1. The molecule has 9 heteroatoms. The number of hydrogen-bond donors (Lipinski definition) is 1. The number of nitrogens with one attached hydrogen (secondary N) is 1. The molecule has 0 saturated carbocycles. The van der Waals surface area contributed by atoms with Crippen LogP contribution in [0.1, 0.15) is 27.7 Å². The van der Waals surface area contributed by atoms with E-state index in [0.29, 0.717) is 23.9 Å². The van der Waals surface area contributed by atoms with Crippen LogP contribution in [0.15, 0.2) is 72.0 Å². The highest BCUT2D eigenvalue weighted by atomic mass is 32.1. The maximum atomic E-state index is 13.2. The topological polar surface area (TPSA) is 85.0 Å². The molecule has 0 radical (unpaired) electrons. The zero-order valence-electron chi connectivity index (χ0n) is 19.2. The van der Waals surface area contributed by atoms with Crippen molar-refractivity contribution in [3.8, 4) is 11.3 Å². The van der Waals surface area contributed by atoms with Gasteiger partial charge in [-0.2, -0.15) is 0 Å². The number of pyridine rings is 1. The van der Waals surface area contributed by atoms with E-state index in [1.54, 1.807) is 18.6 Å². The average molecular weight is 487 g/mol. The summed E-state index contributed by atoms with van der Waals surface area (Å²) in [6.45, 7) is 3.53. The van der Waals surface area contributed by atoms with Gasteiger partial charge >= 0.3 is 0 Å². The van der Waals surface area contributed by atoms with Crippen LogP contribution in [-0.2, 0) is 13.1 Å². The van der Waals surface area contributed by atoms with Crippen LogP contribution in [0, 0.1) is 5.92 Å². The summed E-state index contributed by atoms with van der Waals surface area (Å²) in [6.07, 6.45) is 6.43. The van der Waals surface area contributed by atoms with Crippen molar-refractivity contribution in [1.82, 2.24) is 24.4 Å². The van der Waals surface area contributed by atoms with E-state index in [2.05, 4.69) is 21.3 Å². The van der Waals surface area contributed by atoms with Gasteiger partial charge in [-0.15, -0.1) is 0 Å². The predicted octanol–water partition coefficient (Wildman–Crippen LogP) is 3.22. The number of nitrogens with zero attached hydrogens (tertiary/aromatic N) is 5. The molecule has 1 fully saturated rings. The van der Waals surface area contributed by atoms with Gasteiger partial charge in [-0.1, -0.05) is 47.7 Å². The van der Waals surface area contributed by atoms with Crippen LogP contribution in [0.25, 0.3) is 11.3 Å². The number of amides is 1. The van der Waals surface area contributed by atoms with E-state index in [0.717, 1.165) is 48.1 Å². The molecule has 4 aromatic rings. The van der Waals surface area contributed by atoms with Gasteiger partial charge in [0.1, 0.15) is 4.88 Å². The summed E-state index contributed by atoms with van der Waals surface area (Å²) >= 11 is 1.46. The molecular formula is C26H26N6O2S. The first-order valence-corrected chi connectivity index (χ1v) is 12.7. The van der Waals surface area contributed by atoms with Crippen molar-refractivity contribution < 1.29 is 4.79 Å². The first-order chi connectivity index (χ1) is 17.2. The third-order valence-electron chi connectivity index (χ3n) is 6.83. The Kier molecular flexibility index (Phi) is 5.69. The zero-order valence-corrected chi connectivity index (χ0v) is 20.0. The largest absolute Gasteiger partial charge is 0.349 e. The molecule has 2 atom stereocenters. The highest BCUT2D eigenvalue weighted by molar-refractivity contribution is 7.18. The van der Waals surface area contributed by atoms with Gasteiger partial charge in [-0.05, 0) is 18.4 Å². The fraction of sp³-hybridized carbons (Fsp3) is 0.308.